The standard InChI is InChI=1S/C23H25N3O5/c27-21(11-13-30-15-18-4-3-12-31-18)24-17-9-7-16(8-10-17)23(29)26-14-22(28)25-19-5-1-2-6-20(19)26/h1-2,5-10,18H,3-4,11-15H2,(H,24,27)(H,25,28). The van der Waals surface area contributed by atoms with Crippen LogP contribution in [0.1, 0.15) is 29.6 Å². The molecular formula is C23H25N3O5. The Bertz CT molecular complexity index is 954. The number of carbonyl (C=O) groups excluding carboxylic acids is 3. The molecule has 0 aliphatic carbocycles. The van der Waals surface area contributed by atoms with E-state index in [9.17, 15) is 14.4 Å². The van der Waals surface area contributed by atoms with Gasteiger partial charge in [-0.1, -0.05) is 12.1 Å². The summed E-state index contributed by atoms with van der Waals surface area (Å²) in [6.45, 7) is 1.59. The van der Waals surface area contributed by atoms with Crippen molar-refractivity contribution in [3.05, 3.63) is 54.1 Å². The normalized spacial score (nSPS) is 17.7. The highest BCUT2D eigenvalue weighted by atomic mass is 16.5. The Kier molecular flexibility index (Phi) is 6.59. The fourth-order valence-corrected chi connectivity index (χ4v) is 3.65. The monoisotopic (exact) mass is 423 g/mol. The molecule has 0 saturated carbocycles. The van der Waals surface area contributed by atoms with E-state index < -0.39 is 0 Å². The molecule has 0 radical (unpaired) electrons. The number of nitrogens with zero attached hydrogens (tertiary/aromatic N) is 1. The van der Waals surface area contributed by atoms with Gasteiger partial charge in [-0.15, -0.1) is 0 Å². The molecule has 2 heterocycles. The van der Waals surface area contributed by atoms with Crippen LogP contribution in [0.15, 0.2) is 48.5 Å². The fourth-order valence-electron chi connectivity index (χ4n) is 3.65. The number of amides is 3. The van der Waals surface area contributed by atoms with Gasteiger partial charge in [0.25, 0.3) is 5.91 Å². The molecule has 2 aliphatic rings. The molecule has 1 saturated heterocycles. The molecule has 2 N–H and O–H groups in total. The van der Waals surface area contributed by atoms with E-state index in [-0.39, 0.29) is 36.8 Å². The Hall–Kier alpha value is -3.23. The van der Waals surface area contributed by atoms with Gasteiger partial charge in [0.05, 0.1) is 37.1 Å². The molecule has 0 spiro atoms. The summed E-state index contributed by atoms with van der Waals surface area (Å²) >= 11 is 0. The van der Waals surface area contributed by atoms with E-state index in [0.29, 0.717) is 35.8 Å². The van der Waals surface area contributed by atoms with Crippen LogP contribution >= 0.6 is 0 Å². The fraction of sp³-hybridized carbons (Fsp3) is 0.348. The van der Waals surface area contributed by atoms with Crippen LogP contribution in [0.4, 0.5) is 17.1 Å². The van der Waals surface area contributed by atoms with Crippen LogP contribution in [0.5, 0.6) is 0 Å². The largest absolute Gasteiger partial charge is 0.378 e. The number of ether oxygens (including phenoxy) is 2. The number of fused-ring (bicyclic) bond motifs is 1. The van der Waals surface area contributed by atoms with Gasteiger partial charge in [0.1, 0.15) is 6.54 Å². The van der Waals surface area contributed by atoms with Crippen molar-refractivity contribution in [1.82, 2.24) is 0 Å². The number of para-hydroxylation sites is 2. The SMILES string of the molecule is O=C(CCOCC1CCCO1)Nc1ccc(C(=O)N2CC(=O)Nc3ccccc32)cc1. The van der Waals surface area contributed by atoms with E-state index in [1.165, 1.54) is 4.90 Å². The van der Waals surface area contributed by atoms with Crippen LogP contribution in [0.25, 0.3) is 0 Å². The molecule has 1 fully saturated rings. The summed E-state index contributed by atoms with van der Waals surface area (Å²) in [5.74, 6) is -0.673. The van der Waals surface area contributed by atoms with Gasteiger partial charge in [0.2, 0.25) is 11.8 Å². The lowest BCUT2D eigenvalue weighted by atomic mass is 10.1. The van der Waals surface area contributed by atoms with Crippen LogP contribution in [-0.4, -0.2) is 50.2 Å². The van der Waals surface area contributed by atoms with Crippen LogP contribution in [0.2, 0.25) is 0 Å². The lowest BCUT2D eigenvalue weighted by Crippen LogP contribution is -2.42. The number of anilines is 3. The summed E-state index contributed by atoms with van der Waals surface area (Å²) in [4.78, 5) is 38.5. The van der Waals surface area contributed by atoms with Crippen molar-refractivity contribution in [3.8, 4) is 0 Å². The van der Waals surface area contributed by atoms with Crippen molar-refractivity contribution >= 4 is 34.8 Å². The summed E-state index contributed by atoms with van der Waals surface area (Å²) in [6, 6.07) is 13.8. The van der Waals surface area contributed by atoms with Gasteiger partial charge in [-0.25, -0.2) is 0 Å². The van der Waals surface area contributed by atoms with E-state index in [1.54, 1.807) is 42.5 Å². The third-order valence-corrected chi connectivity index (χ3v) is 5.23. The first-order chi connectivity index (χ1) is 15.1. The quantitative estimate of drug-likeness (QED) is 0.668. The van der Waals surface area contributed by atoms with E-state index in [0.717, 1.165) is 19.4 Å². The molecule has 0 aromatic heterocycles. The topological polar surface area (TPSA) is 97.0 Å². The second-order valence-electron chi connectivity index (χ2n) is 7.54. The number of carbonyl (C=O) groups is 3. The molecule has 2 aromatic rings. The van der Waals surface area contributed by atoms with Gasteiger partial charge in [-0.05, 0) is 49.2 Å². The molecular weight excluding hydrogens is 398 g/mol. The van der Waals surface area contributed by atoms with Gasteiger partial charge < -0.3 is 20.1 Å². The van der Waals surface area contributed by atoms with Crippen LogP contribution in [0, 0.1) is 0 Å². The molecule has 4 rings (SSSR count). The van der Waals surface area contributed by atoms with Crippen molar-refractivity contribution in [2.24, 2.45) is 0 Å². The highest BCUT2D eigenvalue weighted by Gasteiger charge is 2.27. The Morgan fingerprint density at radius 2 is 1.97 bits per heavy atom. The summed E-state index contributed by atoms with van der Waals surface area (Å²) in [7, 11) is 0. The van der Waals surface area contributed by atoms with Crippen molar-refractivity contribution in [1.29, 1.82) is 0 Å². The zero-order valence-electron chi connectivity index (χ0n) is 17.1. The number of hydrogen-bond acceptors (Lipinski definition) is 5. The summed E-state index contributed by atoms with van der Waals surface area (Å²) in [5, 5.41) is 5.57. The predicted molar refractivity (Wildman–Crippen MR) is 116 cm³/mol. The smallest absolute Gasteiger partial charge is 0.258 e. The molecule has 0 bridgehead atoms. The maximum Gasteiger partial charge on any atom is 0.258 e. The van der Waals surface area contributed by atoms with E-state index in [1.807, 2.05) is 6.07 Å². The van der Waals surface area contributed by atoms with Crippen LogP contribution in [-0.2, 0) is 19.1 Å². The molecule has 1 unspecified atom stereocenters. The van der Waals surface area contributed by atoms with Gasteiger partial charge in [0, 0.05) is 17.9 Å². The predicted octanol–water partition coefficient (Wildman–Crippen LogP) is 2.81. The molecule has 2 aromatic carbocycles. The molecule has 3 amide bonds. The Morgan fingerprint density at radius 3 is 2.74 bits per heavy atom. The molecule has 2 aliphatic heterocycles. The van der Waals surface area contributed by atoms with Crippen molar-refractivity contribution in [2.45, 2.75) is 25.4 Å². The Morgan fingerprint density at radius 1 is 1.16 bits per heavy atom. The van der Waals surface area contributed by atoms with Gasteiger partial charge in [-0.2, -0.15) is 0 Å². The zero-order chi connectivity index (χ0) is 21.6. The highest BCUT2D eigenvalue weighted by Crippen LogP contribution is 2.30. The van der Waals surface area contributed by atoms with E-state index in [2.05, 4.69) is 10.6 Å². The first kappa shape index (κ1) is 21.0. The molecule has 8 nitrogen and oxygen atoms in total. The minimum atomic E-state index is -0.275. The lowest BCUT2D eigenvalue weighted by Gasteiger charge is -2.29. The molecule has 31 heavy (non-hydrogen) atoms. The summed E-state index contributed by atoms with van der Waals surface area (Å²) in [6.07, 6.45) is 2.45. The van der Waals surface area contributed by atoms with Crippen LogP contribution < -0.4 is 15.5 Å². The second kappa shape index (κ2) is 9.72. The van der Waals surface area contributed by atoms with E-state index >= 15 is 0 Å². The van der Waals surface area contributed by atoms with E-state index in [4.69, 9.17) is 9.47 Å². The first-order valence-corrected chi connectivity index (χ1v) is 10.4. The Balaban J connectivity index is 1.30. The minimum Gasteiger partial charge on any atom is -0.378 e. The van der Waals surface area contributed by atoms with Crippen LogP contribution in [0.3, 0.4) is 0 Å². The Labute approximate surface area is 180 Å². The second-order valence-corrected chi connectivity index (χ2v) is 7.54. The third-order valence-electron chi connectivity index (χ3n) is 5.23. The first-order valence-electron chi connectivity index (χ1n) is 10.4. The molecule has 8 heteroatoms. The van der Waals surface area contributed by atoms with Gasteiger partial charge >= 0.3 is 0 Å². The lowest BCUT2D eigenvalue weighted by molar-refractivity contribution is -0.117. The molecule has 162 valence electrons. The maximum absolute atomic E-state index is 13.0. The maximum atomic E-state index is 13.0. The van der Waals surface area contributed by atoms with Crippen molar-refractivity contribution in [2.75, 3.05) is 41.9 Å². The highest BCUT2D eigenvalue weighted by molar-refractivity contribution is 6.15. The van der Waals surface area contributed by atoms with Crippen molar-refractivity contribution in [3.63, 3.8) is 0 Å². The average molecular weight is 423 g/mol. The zero-order valence-corrected chi connectivity index (χ0v) is 17.1. The number of rotatable bonds is 7. The van der Waals surface area contributed by atoms with Gasteiger partial charge in [0.15, 0.2) is 0 Å². The summed E-state index contributed by atoms with van der Waals surface area (Å²) in [5.41, 5.74) is 2.30. The van der Waals surface area contributed by atoms with Gasteiger partial charge in [-0.3, -0.25) is 19.3 Å². The molecule has 1 atom stereocenters. The minimum absolute atomic E-state index is 0.0414. The number of nitrogens with one attached hydrogen (secondary N) is 2. The summed E-state index contributed by atoms with van der Waals surface area (Å²) < 4.78 is 11.0. The number of hydrogen-bond donors (Lipinski definition) is 2. The third kappa shape index (κ3) is 5.28. The van der Waals surface area contributed by atoms with Crippen molar-refractivity contribution < 1.29 is 23.9 Å². The number of benzene rings is 2. The average Bonchev–Trinajstić information content (AvgIpc) is 3.30.